The molecule has 1 aromatic carbocycles. The number of hydrogen-bond acceptors (Lipinski definition) is 6. The first-order valence-corrected chi connectivity index (χ1v) is 11.5. The fraction of sp³-hybridized carbons (Fsp3) is 0.480. The van der Waals surface area contributed by atoms with Crippen LogP contribution in [0.1, 0.15) is 48.9 Å². The molecule has 0 unspecified atom stereocenters. The summed E-state index contributed by atoms with van der Waals surface area (Å²) in [5, 5.41) is 0. The van der Waals surface area contributed by atoms with Gasteiger partial charge >= 0.3 is 0 Å². The first-order chi connectivity index (χ1) is 15.6. The van der Waals surface area contributed by atoms with E-state index in [4.69, 9.17) is 9.47 Å². The predicted octanol–water partition coefficient (Wildman–Crippen LogP) is 3.48. The molecule has 5 rings (SSSR count). The van der Waals surface area contributed by atoms with Crippen LogP contribution in [0.2, 0.25) is 0 Å². The molecule has 0 radical (unpaired) electrons. The van der Waals surface area contributed by atoms with Crippen molar-refractivity contribution in [1.29, 1.82) is 0 Å². The van der Waals surface area contributed by atoms with Gasteiger partial charge in [-0.1, -0.05) is 12.5 Å². The van der Waals surface area contributed by atoms with Gasteiger partial charge in [0.25, 0.3) is 5.91 Å². The molecule has 3 aliphatic rings. The maximum atomic E-state index is 12.7. The standard InChI is InChI=1S/C25H29N3O4/c29-21-17-25(9-3-1-4-10-25)32-22-16-19(7-8-20(21)22)31-18-24(30)28-14-12-27(13-15-28)23-6-2-5-11-26-23/h2,5-8,11,16H,1,3-4,9-10,12-15,17-18H2. The number of ketones is 1. The number of carbonyl (C=O) groups is 2. The Bertz CT molecular complexity index is 980. The number of pyridine rings is 1. The van der Waals surface area contributed by atoms with Crippen LogP contribution in [-0.2, 0) is 4.79 Å². The number of benzene rings is 1. The van der Waals surface area contributed by atoms with Crippen molar-refractivity contribution in [2.75, 3.05) is 37.7 Å². The summed E-state index contributed by atoms with van der Waals surface area (Å²) >= 11 is 0. The van der Waals surface area contributed by atoms with Crippen molar-refractivity contribution in [1.82, 2.24) is 9.88 Å². The van der Waals surface area contributed by atoms with E-state index in [1.807, 2.05) is 23.1 Å². The molecule has 0 bridgehead atoms. The number of Topliss-reactive ketones (excluding diaryl/α,β-unsaturated/α-hetero) is 1. The second-order valence-electron chi connectivity index (χ2n) is 8.95. The highest BCUT2D eigenvalue weighted by atomic mass is 16.5. The molecule has 0 atom stereocenters. The lowest BCUT2D eigenvalue weighted by Crippen LogP contribution is -2.50. The normalized spacial score (nSPS) is 19.9. The molecule has 1 amide bonds. The number of aromatic nitrogens is 1. The van der Waals surface area contributed by atoms with E-state index in [1.165, 1.54) is 6.42 Å². The van der Waals surface area contributed by atoms with Crippen LogP contribution in [0.4, 0.5) is 5.82 Å². The summed E-state index contributed by atoms with van der Waals surface area (Å²) in [6, 6.07) is 11.1. The Kier molecular flexibility index (Phi) is 5.72. The number of fused-ring (bicyclic) bond motifs is 1. The number of rotatable bonds is 4. The minimum absolute atomic E-state index is 0.0263. The second-order valence-corrected chi connectivity index (χ2v) is 8.95. The van der Waals surface area contributed by atoms with Crippen LogP contribution in [0.5, 0.6) is 11.5 Å². The van der Waals surface area contributed by atoms with Crippen molar-refractivity contribution in [3.05, 3.63) is 48.2 Å². The lowest BCUT2D eigenvalue weighted by atomic mass is 9.78. The molecule has 32 heavy (non-hydrogen) atoms. The minimum Gasteiger partial charge on any atom is -0.486 e. The van der Waals surface area contributed by atoms with E-state index in [-0.39, 0.29) is 23.9 Å². The van der Waals surface area contributed by atoms with Crippen LogP contribution in [0, 0.1) is 0 Å². The number of ether oxygens (including phenoxy) is 2. The van der Waals surface area contributed by atoms with Gasteiger partial charge in [-0.25, -0.2) is 4.98 Å². The summed E-state index contributed by atoms with van der Waals surface area (Å²) in [5.74, 6) is 2.20. The molecule has 1 aliphatic carbocycles. The Labute approximate surface area is 188 Å². The predicted molar refractivity (Wildman–Crippen MR) is 120 cm³/mol. The van der Waals surface area contributed by atoms with Gasteiger partial charge in [-0.3, -0.25) is 9.59 Å². The summed E-state index contributed by atoms with van der Waals surface area (Å²) in [4.78, 5) is 33.8. The summed E-state index contributed by atoms with van der Waals surface area (Å²) in [6.07, 6.45) is 7.49. The Balaban J connectivity index is 1.17. The van der Waals surface area contributed by atoms with Crippen LogP contribution in [0.3, 0.4) is 0 Å². The molecule has 2 fully saturated rings. The first kappa shape index (κ1) is 20.8. The Morgan fingerprint density at radius 1 is 1.06 bits per heavy atom. The van der Waals surface area contributed by atoms with Crippen LogP contribution in [0.25, 0.3) is 0 Å². The zero-order chi connectivity index (χ0) is 22.0. The second kappa shape index (κ2) is 8.81. The number of amides is 1. The van der Waals surface area contributed by atoms with Crippen molar-refractivity contribution in [3.8, 4) is 11.5 Å². The molecule has 1 spiro atoms. The van der Waals surface area contributed by atoms with Crippen LogP contribution in [-0.4, -0.2) is 60.0 Å². The van der Waals surface area contributed by atoms with Gasteiger partial charge in [0, 0.05) is 38.4 Å². The lowest BCUT2D eigenvalue weighted by Gasteiger charge is -2.40. The minimum atomic E-state index is -0.357. The molecule has 2 aromatic rings. The van der Waals surface area contributed by atoms with Crippen molar-refractivity contribution >= 4 is 17.5 Å². The number of nitrogens with zero attached hydrogens (tertiary/aromatic N) is 3. The third kappa shape index (κ3) is 4.29. The van der Waals surface area contributed by atoms with E-state index < -0.39 is 0 Å². The molecule has 0 N–H and O–H groups in total. The number of hydrogen-bond donors (Lipinski definition) is 0. The van der Waals surface area contributed by atoms with Gasteiger partial charge in [0.2, 0.25) is 0 Å². The van der Waals surface area contributed by atoms with Crippen LogP contribution < -0.4 is 14.4 Å². The fourth-order valence-electron chi connectivity index (χ4n) is 5.00. The average molecular weight is 436 g/mol. The Morgan fingerprint density at radius 3 is 2.62 bits per heavy atom. The molecule has 7 nitrogen and oxygen atoms in total. The Hall–Kier alpha value is -3.09. The molecular formula is C25H29N3O4. The van der Waals surface area contributed by atoms with E-state index in [1.54, 1.807) is 24.4 Å². The number of carbonyl (C=O) groups excluding carboxylic acids is 2. The lowest BCUT2D eigenvalue weighted by molar-refractivity contribution is -0.133. The molecule has 168 valence electrons. The van der Waals surface area contributed by atoms with Crippen LogP contribution >= 0.6 is 0 Å². The van der Waals surface area contributed by atoms with E-state index in [2.05, 4.69) is 9.88 Å². The quantitative estimate of drug-likeness (QED) is 0.732. The van der Waals surface area contributed by atoms with E-state index >= 15 is 0 Å². The van der Waals surface area contributed by atoms with Crippen molar-refractivity contribution in [2.24, 2.45) is 0 Å². The van der Waals surface area contributed by atoms with Gasteiger partial charge in [0.15, 0.2) is 12.4 Å². The third-order valence-electron chi connectivity index (χ3n) is 6.80. The highest BCUT2D eigenvalue weighted by molar-refractivity contribution is 6.00. The van der Waals surface area contributed by atoms with Gasteiger partial charge in [-0.05, 0) is 49.9 Å². The summed E-state index contributed by atoms with van der Waals surface area (Å²) in [5.41, 5.74) is 0.259. The monoisotopic (exact) mass is 435 g/mol. The van der Waals surface area contributed by atoms with Crippen molar-refractivity contribution in [3.63, 3.8) is 0 Å². The van der Waals surface area contributed by atoms with Gasteiger partial charge in [-0.15, -0.1) is 0 Å². The number of piperazine rings is 1. The first-order valence-electron chi connectivity index (χ1n) is 11.5. The van der Waals surface area contributed by atoms with Gasteiger partial charge in [0.05, 0.1) is 12.0 Å². The van der Waals surface area contributed by atoms with E-state index in [9.17, 15) is 9.59 Å². The zero-order valence-corrected chi connectivity index (χ0v) is 18.3. The summed E-state index contributed by atoms with van der Waals surface area (Å²) < 4.78 is 12.1. The van der Waals surface area contributed by atoms with Crippen molar-refractivity contribution < 1.29 is 19.1 Å². The summed E-state index contributed by atoms with van der Waals surface area (Å²) in [6.45, 7) is 2.76. The van der Waals surface area contributed by atoms with Gasteiger partial charge in [0.1, 0.15) is 22.9 Å². The van der Waals surface area contributed by atoms with Crippen molar-refractivity contribution in [2.45, 2.75) is 44.1 Å². The molecule has 1 saturated heterocycles. The molecule has 1 aromatic heterocycles. The molecule has 3 heterocycles. The fourth-order valence-corrected chi connectivity index (χ4v) is 5.00. The molecule has 1 saturated carbocycles. The third-order valence-corrected chi connectivity index (χ3v) is 6.80. The SMILES string of the molecule is O=C1CC2(CCCCC2)Oc2cc(OCC(=O)N3CCN(c4ccccn4)CC3)ccc21. The van der Waals surface area contributed by atoms with Crippen LogP contribution in [0.15, 0.2) is 42.6 Å². The average Bonchev–Trinajstić information content (AvgIpc) is 2.83. The maximum Gasteiger partial charge on any atom is 0.260 e. The van der Waals surface area contributed by atoms with Gasteiger partial charge < -0.3 is 19.3 Å². The zero-order valence-electron chi connectivity index (χ0n) is 18.3. The highest BCUT2D eigenvalue weighted by Crippen LogP contribution is 2.42. The van der Waals surface area contributed by atoms with Gasteiger partial charge in [-0.2, -0.15) is 0 Å². The Morgan fingerprint density at radius 2 is 1.88 bits per heavy atom. The highest BCUT2D eigenvalue weighted by Gasteiger charge is 2.41. The number of anilines is 1. The molecular weight excluding hydrogens is 406 g/mol. The smallest absolute Gasteiger partial charge is 0.260 e. The van der Waals surface area contributed by atoms with E-state index in [0.717, 1.165) is 44.6 Å². The summed E-state index contributed by atoms with van der Waals surface area (Å²) in [7, 11) is 0. The largest absolute Gasteiger partial charge is 0.486 e. The maximum absolute atomic E-state index is 12.7. The van der Waals surface area contributed by atoms with E-state index in [0.29, 0.717) is 36.6 Å². The molecule has 2 aliphatic heterocycles. The molecule has 7 heteroatoms. The topological polar surface area (TPSA) is 72.0 Å².